The number of nitrogens with zero attached hydrogens (tertiary/aromatic N) is 5. The zero-order valence-corrected chi connectivity index (χ0v) is 25.1. The molecule has 4 aromatic carbocycles. The normalized spacial score (nSPS) is 11.3. The first kappa shape index (κ1) is 30.4. The van der Waals surface area contributed by atoms with Crippen LogP contribution in [0.3, 0.4) is 0 Å². The number of non-ortho nitro benzene ring substituents is 1. The van der Waals surface area contributed by atoms with Gasteiger partial charge in [0.15, 0.2) is 0 Å². The topological polar surface area (TPSA) is 94.9 Å². The van der Waals surface area contributed by atoms with Crippen LogP contribution in [-0.2, 0) is 19.6 Å². The molecule has 0 N–H and O–H groups in total. The SMILES string of the molecule is COc1ccc(-c2cn(Cc3c(F)cccc3F)c3nc(-c4ccc([N+](=O)[O-])cc4)c(CN(C)Cc4ccccc4)n3c2=O)cc1. The van der Waals surface area contributed by atoms with Crippen LogP contribution in [0.15, 0.2) is 108 Å². The summed E-state index contributed by atoms with van der Waals surface area (Å²) in [6.45, 7) is 0.569. The highest BCUT2D eigenvalue weighted by Crippen LogP contribution is 2.29. The van der Waals surface area contributed by atoms with Gasteiger partial charge >= 0.3 is 0 Å². The Bertz CT molecular complexity index is 2070. The molecule has 11 heteroatoms. The summed E-state index contributed by atoms with van der Waals surface area (Å²) in [7, 11) is 3.45. The van der Waals surface area contributed by atoms with E-state index in [9.17, 15) is 23.7 Å². The Labute approximate surface area is 262 Å². The molecule has 232 valence electrons. The first-order valence-corrected chi connectivity index (χ1v) is 14.4. The van der Waals surface area contributed by atoms with Crippen LogP contribution in [0, 0.1) is 21.7 Å². The molecule has 0 saturated heterocycles. The van der Waals surface area contributed by atoms with Gasteiger partial charge in [-0.1, -0.05) is 48.5 Å². The molecule has 0 bridgehead atoms. The van der Waals surface area contributed by atoms with Gasteiger partial charge in [0.25, 0.3) is 11.2 Å². The van der Waals surface area contributed by atoms with Crippen molar-refractivity contribution >= 4 is 11.5 Å². The quantitative estimate of drug-likeness (QED) is 0.125. The molecule has 46 heavy (non-hydrogen) atoms. The predicted molar refractivity (Wildman–Crippen MR) is 171 cm³/mol. The summed E-state index contributed by atoms with van der Waals surface area (Å²) < 4.78 is 38.2. The van der Waals surface area contributed by atoms with Gasteiger partial charge in [0.05, 0.1) is 35.5 Å². The van der Waals surface area contributed by atoms with Gasteiger partial charge in [0, 0.05) is 42.5 Å². The van der Waals surface area contributed by atoms with Gasteiger partial charge in [-0.15, -0.1) is 0 Å². The molecule has 0 aliphatic heterocycles. The fourth-order valence-corrected chi connectivity index (χ4v) is 5.50. The number of hydrogen-bond donors (Lipinski definition) is 0. The lowest BCUT2D eigenvalue weighted by Gasteiger charge is -2.18. The van der Waals surface area contributed by atoms with Gasteiger partial charge < -0.3 is 9.30 Å². The molecule has 0 unspecified atom stereocenters. The van der Waals surface area contributed by atoms with Crippen molar-refractivity contribution in [2.24, 2.45) is 0 Å². The molecule has 0 fully saturated rings. The van der Waals surface area contributed by atoms with Crippen molar-refractivity contribution in [1.82, 2.24) is 18.9 Å². The fraction of sp³-hybridized carbons (Fsp3) is 0.143. The summed E-state index contributed by atoms with van der Waals surface area (Å²) in [4.78, 5) is 32.2. The summed E-state index contributed by atoms with van der Waals surface area (Å²) in [6, 6.07) is 26.3. The number of rotatable bonds is 10. The average Bonchev–Trinajstić information content (AvgIpc) is 3.44. The van der Waals surface area contributed by atoms with Gasteiger partial charge in [0.1, 0.15) is 17.4 Å². The number of hydrogen-bond acceptors (Lipinski definition) is 6. The van der Waals surface area contributed by atoms with Crippen molar-refractivity contribution < 1.29 is 18.4 Å². The van der Waals surface area contributed by atoms with E-state index >= 15 is 0 Å². The molecule has 6 rings (SSSR count). The van der Waals surface area contributed by atoms with Gasteiger partial charge in [-0.3, -0.25) is 19.8 Å². The lowest BCUT2D eigenvalue weighted by Crippen LogP contribution is -2.25. The second-order valence-corrected chi connectivity index (χ2v) is 10.9. The molecule has 0 radical (unpaired) electrons. The number of halogens is 2. The predicted octanol–water partition coefficient (Wildman–Crippen LogP) is 6.71. The Morgan fingerprint density at radius 1 is 0.870 bits per heavy atom. The van der Waals surface area contributed by atoms with Crippen molar-refractivity contribution in [2.75, 3.05) is 14.2 Å². The summed E-state index contributed by atoms with van der Waals surface area (Å²) in [5.41, 5.74) is 2.74. The minimum Gasteiger partial charge on any atom is -0.497 e. The zero-order chi connectivity index (χ0) is 32.4. The molecule has 6 aromatic rings. The van der Waals surface area contributed by atoms with Crippen molar-refractivity contribution in [3.63, 3.8) is 0 Å². The van der Waals surface area contributed by atoms with Crippen LogP contribution in [0.2, 0.25) is 0 Å². The summed E-state index contributed by atoms with van der Waals surface area (Å²) >= 11 is 0. The standard InChI is InChI=1S/C35H29F2N5O4/c1-39(19-23-7-4-3-5-8-23)22-32-33(25-11-15-26(16-12-25)42(44)45)38-35-40(21-29-30(36)9-6-10-31(29)37)20-28(34(43)41(32)35)24-13-17-27(46-2)18-14-24/h3-18,20H,19,21-22H2,1-2H3. The van der Waals surface area contributed by atoms with E-state index < -0.39 is 16.6 Å². The molecule has 0 atom stereocenters. The maximum Gasteiger partial charge on any atom is 0.269 e. The number of nitro groups is 1. The van der Waals surface area contributed by atoms with Crippen molar-refractivity contribution in [1.29, 1.82) is 0 Å². The van der Waals surface area contributed by atoms with Gasteiger partial charge in [-0.05, 0) is 54.6 Å². The van der Waals surface area contributed by atoms with Crippen molar-refractivity contribution in [3.05, 3.63) is 152 Å². The van der Waals surface area contributed by atoms with E-state index in [0.29, 0.717) is 34.8 Å². The van der Waals surface area contributed by atoms with Gasteiger partial charge in [-0.25, -0.2) is 18.2 Å². The summed E-state index contributed by atoms with van der Waals surface area (Å²) in [5.74, 6) is -0.688. The number of fused-ring (bicyclic) bond motifs is 1. The minimum atomic E-state index is -0.729. The Morgan fingerprint density at radius 3 is 2.15 bits per heavy atom. The molecular weight excluding hydrogens is 592 g/mol. The van der Waals surface area contributed by atoms with E-state index in [2.05, 4.69) is 0 Å². The van der Waals surface area contributed by atoms with E-state index in [1.807, 2.05) is 42.3 Å². The smallest absolute Gasteiger partial charge is 0.269 e. The summed E-state index contributed by atoms with van der Waals surface area (Å²) in [5, 5.41) is 11.4. The molecule has 0 saturated carbocycles. The van der Waals surface area contributed by atoms with Gasteiger partial charge in [0.2, 0.25) is 5.78 Å². The van der Waals surface area contributed by atoms with Crippen LogP contribution >= 0.6 is 0 Å². The third-order valence-electron chi connectivity index (χ3n) is 7.79. The zero-order valence-electron chi connectivity index (χ0n) is 25.1. The maximum absolute atomic E-state index is 14.9. The number of ether oxygens (including phenoxy) is 1. The van der Waals surface area contributed by atoms with Crippen molar-refractivity contribution in [3.8, 4) is 28.1 Å². The minimum absolute atomic E-state index is 0.0911. The Kier molecular flexibility index (Phi) is 8.41. The first-order valence-electron chi connectivity index (χ1n) is 14.4. The van der Waals surface area contributed by atoms with Crippen LogP contribution in [0.25, 0.3) is 28.2 Å². The molecular formula is C35H29F2N5O4. The maximum atomic E-state index is 14.9. The van der Waals surface area contributed by atoms with Crippen LogP contribution in [0.4, 0.5) is 14.5 Å². The molecule has 9 nitrogen and oxygen atoms in total. The van der Waals surface area contributed by atoms with Crippen LogP contribution in [0.1, 0.15) is 16.8 Å². The fourth-order valence-electron chi connectivity index (χ4n) is 5.50. The lowest BCUT2D eigenvalue weighted by molar-refractivity contribution is -0.384. The molecule has 0 spiro atoms. The van der Waals surface area contributed by atoms with Gasteiger partial charge in [-0.2, -0.15) is 0 Å². The monoisotopic (exact) mass is 621 g/mol. The second kappa shape index (κ2) is 12.7. The molecule has 2 aromatic heterocycles. The number of aromatic nitrogens is 3. The summed E-state index contributed by atoms with van der Waals surface area (Å²) in [6.07, 6.45) is 1.55. The van der Waals surface area contributed by atoms with Crippen LogP contribution in [-0.4, -0.2) is 37.9 Å². The average molecular weight is 622 g/mol. The molecule has 0 amide bonds. The highest BCUT2D eigenvalue weighted by atomic mass is 19.1. The second-order valence-electron chi connectivity index (χ2n) is 10.9. The molecule has 2 heterocycles. The Hall–Kier alpha value is -5.68. The molecule has 0 aliphatic carbocycles. The number of nitro benzene ring substituents is 1. The van der Waals surface area contributed by atoms with E-state index in [1.54, 1.807) is 54.3 Å². The van der Waals surface area contributed by atoms with Crippen molar-refractivity contribution in [2.45, 2.75) is 19.6 Å². The molecule has 0 aliphatic rings. The number of benzene rings is 4. The van der Waals surface area contributed by atoms with Crippen LogP contribution in [0.5, 0.6) is 5.75 Å². The highest BCUT2D eigenvalue weighted by molar-refractivity contribution is 5.69. The Balaban J connectivity index is 1.60. The lowest BCUT2D eigenvalue weighted by atomic mass is 10.1. The largest absolute Gasteiger partial charge is 0.497 e. The number of imidazole rings is 1. The van der Waals surface area contributed by atoms with E-state index in [1.165, 1.54) is 34.7 Å². The van der Waals surface area contributed by atoms with E-state index in [-0.39, 0.29) is 41.2 Å². The number of methoxy groups -OCH3 is 1. The highest BCUT2D eigenvalue weighted by Gasteiger charge is 2.24. The van der Waals surface area contributed by atoms with E-state index in [4.69, 9.17) is 9.72 Å². The van der Waals surface area contributed by atoms with E-state index in [0.717, 1.165) is 5.56 Å². The third-order valence-corrected chi connectivity index (χ3v) is 7.79. The third kappa shape index (κ3) is 6.00. The first-order chi connectivity index (χ1) is 22.2. The Morgan fingerprint density at radius 2 is 1.52 bits per heavy atom. The van der Waals surface area contributed by atoms with Crippen LogP contribution < -0.4 is 10.3 Å².